The predicted octanol–water partition coefficient (Wildman–Crippen LogP) is 2.27. The summed E-state index contributed by atoms with van der Waals surface area (Å²) in [6, 6.07) is 7.28. The van der Waals surface area contributed by atoms with Gasteiger partial charge in [-0.15, -0.1) is 0 Å². The Morgan fingerprint density at radius 3 is 2.82 bits per heavy atom. The van der Waals surface area contributed by atoms with Gasteiger partial charge in [-0.2, -0.15) is 0 Å². The molecule has 2 aromatic rings. The lowest BCUT2D eigenvalue weighted by Gasteiger charge is -2.08. The molecule has 2 N–H and O–H groups in total. The Labute approximate surface area is 102 Å². The third-order valence-corrected chi connectivity index (χ3v) is 2.76. The van der Waals surface area contributed by atoms with E-state index in [4.69, 9.17) is 17.3 Å². The van der Waals surface area contributed by atoms with Gasteiger partial charge in [0.2, 0.25) is 0 Å². The molecule has 0 aliphatic heterocycles. The van der Waals surface area contributed by atoms with E-state index >= 15 is 0 Å². The van der Waals surface area contributed by atoms with E-state index in [9.17, 15) is 9.18 Å². The zero-order valence-corrected chi connectivity index (χ0v) is 9.62. The molecule has 1 heterocycles. The summed E-state index contributed by atoms with van der Waals surface area (Å²) in [5.74, 6) is -0.404. The molecule has 0 unspecified atom stereocenters. The fourth-order valence-electron chi connectivity index (χ4n) is 1.51. The zero-order chi connectivity index (χ0) is 12.4. The highest BCUT2D eigenvalue weighted by atomic mass is 35.5. The van der Waals surface area contributed by atoms with E-state index in [0.717, 1.165) is 0 Å². The molecule has 0 saturated carbocycles. The number of hydrogen-bond donors (Lipinski definition) is 1. The van der Waals surface area contributed by atoms with Gasteiger partial charge in [0.15, 0.2) is 0 Å². The van der Waals surface area contributed by atoms with Crippen LogP contribution in [-0.4, -0.2) is 4.57 Å². The van der Waals surface area contributed by atoms with E-state index in [1.807, 2.05) is 0 Å². The molecule has 3 nitrogen and oxygen atoms in total. The number of halogens is 2. The molecule has 0 fully saturated rings. The highest BCUT2D eigenvalue weighted by Gasteiger charge is 2.05. The Hall–Kier alpha value is -1.81. The molecule has 1 aromatic heterocycles. The summed E-state index contributed by atoms with van der Waals surface area (Å²) in [4.78, 5) is 11.7. The number of nitrogens with two attached hydrogens (primary N) is 1. The van der Waals surface area contributed by atoms with Crippen LogP contribution >= 0.6 is 11.6 Å². The smallest absolute Gasteiger partial charge is 0.273 e. The van der Waals surface area contributed by atoms with Crippen LogP contribution in [0.2, 0.25) is 5.02 Å². The van der Waals surface area contributed by atoms with Crippen molar-refractivity contribution in [1.82, 2.24) is 4.57 Å². The minimum atomic E-state index is -0.404. The first-order valence-electron chi connectivity index (χ1n) is 4.97. The summed E-state index contributed by atoms with van der Waals surface area (Å²) in [5, 5.41) is 0.291. The number of anilines is 1. The molecule has 0 bridgehead atoms. The van der Waals surface area contributed by atoms with E-state index in [2.05, 4.69) is 0 Å². The summed E-state index contributed by atoms with van der Waals surface area (Å²) < 4.78 is 14.3. The highest BCUT2D eigenvalue weighted by molar-refractivity contribution is 6.31. The summed E-state index contributed by atoms with van der Waals surface area (Å²) in [6.07, 6.45) is 1.61. The third-order valence-electron chi connectivity index (χ3n) is 2.41. The van der Waals surface area contributed by atoms with Crippen molar-refractivity contribution < 1.29 is 4.39 Å². The average Bonchev–Trinajstić information content (AvgIpc) is 2.28. The number of rotatable bonds is 2. The molecule has 5 heteroatoms. The number of hydrogen-bond acceptors (Lipinski definition) is 2. The van der Waals surface area contributed by atoms with Crippen molar-refractivity contribution >= 4 is 17.3 Å². The Balaban J connectivity index is 2.38. The lowest BCUT2D eigenvalue weighted by Crippen LogP contribution is -2.22. The second kappa shape index (κ2) is 4.59. The Kier molecular flexibility index (Phi) is 3.15. The van der Waals surface area contributed by atoms with E-state index in [1.54, 1.807) is 18.3 Å². The fourth-order valence-corrected chi connectivity index (χ4v) is 1.74. The van der Waals surface area contributed by atoms with E-state index in [0.29, 0.717) is 10.6 Å². The summed E-state index contributed by atoms with van der Waals surface area (Å²) in [6.45, 7) is 0.267. The van der Waals surface area contributed by atoms with Gasteiger partial charge >= 0.3 is 0 Å². The third kappa shape index (κ3) is 2.47. The van der Waals surface area contributed by atoms with Gasteiger partial charge in [-0.1, -0.05) is 17.7 Å². The SMILES string of the molecule is Nc1cccn(Cc2ccc(F)cc2Cl)c1=O. The maximum atomic E-state index is 12.9. The monoisotopic (exact) mass is 252 g/mol. The van der Waals surface area contributed by atoms with Crippen LogP contribution in [0.25, 0.3) is 0 Å². The van der Waals surface area contributed by atoms with Crippen molar-refractivity contribution in [1.29, 1.82) is 0 Å². The van der Waals surface area contributed by atoms with Crippen LogP contribution in [0.5, 0.6) is 0 Å². The van der Waals surface area contributed by atoms with Crippen LogP contribution in [0.3, 0.4) is 0 Å². The Morgan fingerprint density at radius 1 is 1.35 bits per heavy atom. The van der Waals surface area contributed by atoms with Gasteiger partial charge in [-0.25, -0.2) is 4.39 Å². The first kappa shape index (κ1) is 11.7. The van der Waals surface area contributed by atoms with Crippen LogP contribution in [0.1, 0.15) is 5.56 Å². The Bertz CT molecular complexity index is 610. The van der Waals surface area contributed by atoms with Crippen molar-refractivity contribution in [2.45, 2.75) is 6.54 Å². The molecule has 2 rings (SSSR count). The van der Waals surface area contributed by atoms with Crippen molar-refractivity contribution in [2.75, 3.05) is 5.73 Å². The Morgan fingerprint density at radius 2 is 2.12 bits per heavy atom. The van der Waals surface area contributed by atoms with Crippen LogP contribution in [0.4, 0.5) is 10.1 Å². The van der Waals surface area contributed by atoms with Gasteiger partial charge in [0.1, 0.15) is 5.82 Å². The maximum Gasteiger partial charge on any atom is 0.273 e. The first-order chi connectivity index (χ1) is 8.08. The van der Waals surface area contributed by atoms with Gasteiger partial charge < -0.3 is 10.3 Å². The molecule has 0 radical (unpaired) electrons. The minimum absolute atomic E-state index is 0.172. The molecule has 0 amide bonds. The minimum Gasteiger partial charge on any atom is -0.394 e. The number of nitrogen functional groups attached to an aromatic ring is 1. The van der Waals surface area contributed by atoms with E-state index in [-0.39, 0.29) is 17.8 Å². The number of benzene rings is 1. The standard InChI is InChI=1S/C12H10ClFN2O/c13-10-6-9(14)4-3-8(10)7-16-5-1-2-11(15)12(16)17/h1-6H,7,15H2. The largest absolute Gasteiger partial charge is 0.394 e. The van der Waals surface area contributed by atoms with Crippen LogP contribution < -0.4 is 11.3 Å². The normalized spacial score (nSPS) is 10.5. The highest BCUT2D eigenvalue weighted by Crippen LogP contribution is 2.17. The summed E-state index contributed by atoms with van der Waals surface area (Å²) >= 11 is 5.88. The average molecular weight is 253 g/mol. The quantitative estimate of drug-likeness (QED) is 0.891. The van der Waals surface area contributed by atoms with Gasteiger partial charge in [0, 0.05) is 11.2 Å². The molecule has 17 heavy (non-hydrogen) atoms. The van der Waals surface area contributed by atoms with E-state index in [1.165, 1.54) is 22.8 Å². The number of pyridine rings is 1. The topological polar surface area (TPSA) is 48.0 Å². The van der Waals surface area contributed by atoms with Crippen molar-refractivity contribution in [2.24, 2.45) is 0 Å². The first-order valence-corrected chi connectivity index (χ1v) is 5.34. The van der Waals surface area contributed by atoms with Crippen molar-refractivity contribution in [3.05, 3.63) is 63.3 Å². The van der Waals surface area contributed by atoms with Crippen molar-refractivity contribution in [3.8, 4) is 0 Å². The molecule has 0 aliphatic rings. The summed E-state index contributed by atoms with van der Waals surface area (Å²) in [7, 11) is 0. The molecule has 88 valence electrons. The molecular formula is C12H10ClFN2O. The number of aromatic nitrogens is 1. The van der Waals surface area contributed by atoms with Gasteiger partial charge in [0.25, 0.3) is 5.56 Å². The van der Waals surface area contributed by atoms with Gasteiger partial charge in [-0.05, 0) is 29.8 Å². The van der Waals surface area contributed by atoms with Gasteiger partial charge in [0.05, 0.1) is 12.2 Å². The molecular weight excluding hydrogens is 243 g/mol. The van der Waals surface area contributed by atoms with Gasteiger partial charge in [-0.3, -0.25) is 4.79 Å². The molecule has 1 aromatic carbocycles. The summed E-state index contributed by atoms with van der Waals surface area (Å²) in [5.41, 5.74) is 6.07. The lowest BCUT2D eigenvalue weighted by atomic mass is 10.2. The lowest BCUT2D eigenvalue weighted by molar-refractivity contribution is 0.626. The van der Waals surface area contributed by atoms with Crippen LogP contribution in [0.15, 0.2) is 41.3 Å². The maximum absolute atomic E-state index is 12.9. The van der Waals surface area contributed by atoms with E-state index < -0.39 is 5.82 Å². The van der Waals surface area contributed by atoms with Crippen LogP contribution in [0, 0.1) is 5.82 Å². The predicted molar refractivity (Wildman–Crippen MR) is 65.6 cm³/mol. The molecule has 0 saturated heterocycles. The zero-order valence-electron chi connectivity index (χ0n) is 8.86. The van der Waals surface area contributed by atoms with Crippen molar-refractivity contribution in [3.63, 3.8) is 0 Å². The fraction of sp³-hybridized carbons (Fsp3) is 0.0833. The number of nitrogens with zero attached hydrogens (tertiary/aromatic N) is 1. The molecule has 0 atom stereocenters. The second-order valence-corrected chi connectivity index (χ2v) is 4.04. The second-order valence-electron chi connectivity index (χ2n) is 3.63. The molecule has 0 spiro atoms. The molecule has 0 aliphatic carbocycles. The van der Waals surface area contributed by atoms with Crippen LogP contribution in [-0.2, 0) is 6.54 Å².